The molecule has 2 aliphatic rings. The number of halogens is 2. The molecule has 1 aromatic carbocycles. The highest BCUT2D eigenvalue weighted by Crippen LogP contribution is 2.41. The Bertz CT molecular complexity index is 597. The van der Waals surface area contributed by atoms with Crippen LogP contribution in [0.4, 0.5) is 5.69 Å². The van der Waals surface area contributed by atoms with Crippen LogP contribution in [-0.2, 0) is 9.59 Å². The van der Waals surface area contributed by atoms with Crippen molar-refractivity contribution in [1.29, 1.82) is 0 Å². The fourth-order valence-corrected chi connectivity index (χ4v) is 4.32. The fraction of sp³-hybridized carbons (Fsp3) is 0.556. The van der Waals surface area contributed by atoms with E-state index in [1.807, 2.05) is 24.3 Å². The van der Waals surface area contributed by atoms with Crippen molar-refractivity contribution in [1.82, 2.24) is 5.32 Å². The van der Waals surface area contributed by atoms with Gasteiger partial charge in [0.15, 0.2) is 0 Å². The maximum atomic E-state index is 12.4. The Hall–Kier alpha value is -1.11. The van der Waals surface area contributed by atoms with E-state index in [9.17, 15) is 9.59 Å². The van der Waals surface area contributed by atoms with Gasteiger partial charge in [0.25, 0.3) is 0 Å². The SMILES string of the molecule is Cl.NC1C2CCCC1CC(C(=O)NCC(=O)Nc1ccc(Br)cc1)C2. The monoisotopic (exact) mass is 429 g/mol. The van der Waals surface area contributed by atoms with Crippen molar-refractivity contribution < 1.29 is 9.59 Å². The van der Waals surface area contributed by atoms with E-state index in [4.69, 9.17) is 5.73 Å². The van der Waals surface area contributed by atoms with Crippen LogP contribution in [0.2, 0.25) is 0 Å². The number of anilines is 1. The van der Waals surface area contributed by atoms with Crippen LogP contribution in [-0.4, -0.2) is 24.4 Å². The Balaban J connectivity index is 0.00000225. The van der Waals surface area contributed by atoms with Gasteiger partial charge >= 0.3 is 0 Å². The van der Waals surface area contributed by atoms with E-state index in [-0.39, 0.29) is 42.7 Å². The zero-order chi connectivity index (χ0) is 17.1. The first-order valence-electron chi connectivity index (χ1n) is 8.61. The minimum atomic E-state index is -0.210. The Morgan fingerprint density at radius 3 is 2.32 bits per heavy atom. The summed E-state index contributed by atoms with van der Waals surface area (Å²) < 4.78 is 0.954. The van der Waals surface area contributed by atoms with Crippen LogP contribution in [0.1, 0.15) is 32.1 Å². The molecule has 3 rings (SSSR count). The Morgan fingerprint density at radius 1 is 1.12 bits per heavy atom. The number of amides is 2. The van der Waals surface area contributed by atoms with Gasteiger partial charge in [-0.25, -0.2) is 0 Å². The molecule has 4 N–H and O–H groups in total. The predicted octanol–water partition coefficient (Wildman–Crippen LogP) is 3.08. The average molecular weight is 431 g/mol. The molecule has 25 heavy (non-hydrogen) atoms. The topological polar surface area (TPSA) is 84.2 Å². The molecule has 2 saturated carbocycles. The van der Waals surface area contributed by atoms with Gasteiger partial charge < -0.3 is 16.4 Å². The van der Waals surface area contributed by atoms with E-state index in [1.54, 1.807) is 0 Å². The van der Waals surface area contributed by atoms with Gasteiger partial charge in [-0.1, -0.05) is 22.4 Å². The number of fused-ring (bicyclic) bond motifs is 2. The number of hydrogen-bond acceptors (Lipinski definition) is 3. The van der Waals surface area contributed by atoms with Crippen LogP contribution in [0.15, 0.2) is 28.7 Å². The second-order valence-electron chi connectivity index (χ2n) is 6.97. The Kier molecular flexibility index (Phi) is 7.28. The van der Waals surface area contributed by atoms with Crippen molar-refractivity contribution in [2.45, 2.75) is 38.1 Å². The molecule has 0 radical (unpaired) electrons. The van der Waals surface area contributed by atoms with Gasteiger partial charge in [-0.05, 0) is 61.8 Å². The number of nitrogens with two attached hydrogens (primary N) is 1. The summed E-state index contributed by atoms with van der Waals surface area (Å²) in [7, 11) is 0. The van der Waals surface area contributed by atoms with E-state index in [2.05, 4.69) is 26.6 Å². The van der Waals surface area contributed by atoms with Gasteiger partial charge in [0.05, 0.1) is 6.54 Å². The van der Waals surface area contributed by atoms with E-state index in [0.29, 0.717) is 11.8 Å². The summed E-state index contributed by atoms with van der Waals surface area (Å²) in [5.74, 6) is 0.707. The lowest BCUT2D eigenvalue weighted by Crippen LogP contribution is -2.49. The summed E-state index contributed by atoms with van der Waals surface area (Å²) in [6.45, 7) is 0.00673. The standard InChI is InChI=1S/C18H24BrN3O2.ClH/c19-14-4-6-15(7-5-14)22-16(23)10-21-18(24)13-8-11-2-1-3-12(9-13)17(11)20;/h4-7,11-13,17H,1-3,8-10,20H2,(H,21,24)(H,22,23);1H. The number of benzene rings is 1. The molecule has 7 heteroatoms. The molecule has 0 heterocycles. The number of rotatable bonds is 4. The van der Waals surface area contributed by atoms with Gasteiger partial charge in [-0.2, -0.15) is 0 Å². The molecule has 2 aliphatic carbocycles. The van der Waals surface area contributed by atoms with Crippen LogP contribution in [0.25, 0.3) is 0 Å². The highest BCUT2D eigenvalue weighted by atomic mass is 79.9. The molecule has 0 aliphatic heterocycles. The predicted molar refractivity (Wildman–Crippen MR) is 105 cm³/mol. The summed E-state index contributed by atoms with van der Waals surface area (Å²) in [4.78, 5) is 24.4. The van der Waals surface area contributed by atoms with E-state index >= 15 is 0 Å². The highest BCUT2D eigenvalue weighted by molar-refractivity contribution is 9.10. The van der Waals surface area contributed by atoms with Crippen molar-refractivity contribution in [2.75, 3.05) is 11.9 Å². The summed E-state index contributed by atoms with van der Waals surface area (Å²) in [6, 6.07) is 7.60. The smallest absolute Gasteiger partial charge is 0.243 e. The normalized spacial score (nSPS) is 27.8. The first-order valence-corrected chi connectivity index (χ1v) is 9.41. The maximum Gasteiger partial charge on any atom is 0.243 e. The lowest BCUT2D eigenvalue weighted by atomic mass is 9.65. The molecule has 1 aromatic rings. The van der Waals surface area contributed by atoms with Crippen LogP contribution in [0, 0.1) is 17.8 Å². The average Bonchev–Trinajstić information content (AvgIpc) is 2.54. The third-order valence-corrected chi connectivity index (χ3v) is 5.86. The summed E-state index contributed by atoms with van der Waals surface area (Å²) in [6.07, 6.45) is 5.21. The van der Waals surface area contributed by atoms with Crippen molar-refractivity contribution in [2.24, 2.45) is 23.5 Å². The van der Waals surface area contributed by atoms with Crippen LogP contribution in [0.5, 0.6) is 0 Å². The van der Waals surface area contributed by atoms with Crippen molar-refractivity contribution in [3.8, 4) is 0 Å². The van der Waals surface area contributed by atoms with Gasteiger partial charge in [0, 0.05) is 22.1 Å². The highest BCUT2D eigenvalue weighted by Gasteiger charge is 2.40. The molecule has 2 fully saturated rings. The third kappa shape index (κ3) is 5.19. The number of carbonyl (C=O) groups excluding carboxylic acids is 2. The molecular formula is C18H25BrClN3O2. The number of hydrogen-bond donors (Lipinski definition) is 3. The van der Waals surface area contributed by atoms with Crippen LogP contribution >= 0.6 is 28.3 Å². The lowest BCUT2D eigenvalue weighted by molar-refractivity contribution is -0.129. The first kappa shape index (κ1) is 20.2. The molecule has 2 bridgehead atoms. The molecule has 138 valence electrons. The minimum absolute atomic E-state index is 0. The lowest BCUT2D eigenvalue weighted by Gasteiger charge is -2.43. The summed E-state index contributed by atoms with van der Waals surface area (Å²) >= 11 is 3.35. The second-order valence-corrected chi connectivity index (χ2v) is 7.89. The summed E-state index contributed by atoms with van der Waals surface area (Å²) in [5, 5.41) is 5.57. The second kappa shape index (κ2) is 9.01. The van der Waals surface area contributed by atoms with Crippen molar-refractivity contribution >= 4 is 45.8 Å². The van der Waals surface area contributed by atoms with Gasteiger partial charge in [-0.3, -0.25) is 9.59 Å². The Labute approximate surface area is 163 Å². The minimum Gasteiger partial charge on any atom is -0.347 e. The molecule has 0 saturated heterocycles. The van der Waals surface area contributed by atoms with E-state index in [1.165, 1.54) is 6.42 Å². The first-order chi connectivity index (χ1) is 11.5. The molecule has 0 aromatic heterocycles. The fourth-order valence-electron chi connectivity index (χ4n) is 4.05. The van der Waals surface area contributed by atoms with Gasteiger partial charge in [0.2, 0.25) is 11.8 Å². The van der Waals surface area contributed by atoms with Gasteiger partial charge in [0.1, 0.15) is 0 Å². The van der Waals surface area contributed by atoms with E-state index in [0.717, 1.165) is 35.8 Å². The molecule has 0 spiro atoms. The van der Waals surface area contributed by atoms with Crippen molar-refractivity contribution in [3.63, 3.8) is 0 Å². The maximum absolute atomic E-state index is 12.4. The molecular weight excluding hydrogens is 406 g/mol. The van der Waals surface area contributed by atoms with Crippen LogP contribution in [0.3, 0.4) is 0 Å². The number of carbonyl (C=O) groups is 2. The zero-order valence-electron chi connectivity index (χ0n) is 14.0. The van der Waals surface area contributed by atoms with Crippen LogP contribution < -0.4 is 16.4 Å². The largest absolute Gasteiger partial charge is 0.347 e. The Morgan fingerprint density at radius 2 is 1.72 bits per heavy atom. The van der Waals surface area contributed by atoms with Crippen molar-refractivity contribution in [3.05, 3.63) is 28.7 Å². The quantitative estimate of drug-likeness (QED) is 0.686. The molecule has 5 nitrogen and oxygen atoms in total. The summed E-state index contributed by atoms with van der Waals surface area (Å²) in [5.41, 5.74) is 6.98. The molecule has 2 unspecified atom stereocenters. The zero-order valence-corrected chi connectivity index (χ0v) is 16.4. The van der Waals surface area contributed by atoms with E-state index < -0.39 is 0 Å². The third-order valence-electron chi connectivity index (χ3n) is 5.33. The van der Waals surface area contributed by atoms with Gasteiger partial charge in [-0.15, -0.1) is 12.4 Å². The molecule has 2 atom stereocenters. The number of nitrogens with one attached hydrogen (secondary N) is 2. The molecule has 2 amide bonds.